The minimum Gasteiger partial charge on any atom is -0.388 e. The van der Waals surface area contributed by atoms with Crippen LogP contribution in [0.4, 0.5) is 4.39 Å². The molecule has 128 valence electrons. The lowest BCUT2D eigenvalue weighted by molar-refractivity contribution is -0.128. The summed E-state index contributed by atoms with van der Waals surface area (Å²) in [7, 11) is 0. The van der Waals surface area contributed by atoms with Gasteiger partial charge >= 0.3 is 5.76 Å². The van der Waals surface area contributed by atoms with E-state index in [4.69, 9.17) is 4.42 Å². The molecule has 1 amide bonds. The SMILES string of the molecule is CC(=O)[C@H](NC(=O)Cn1nc(-c2ccc(F)cc2)oc1=O)C(C)C. The zero-order chi connectivity index (χ0) is 17.9. The molecule has 2 aromatic rings. The molecule has 0 saturated heterocycles. The Labute approximate surface area is 137 Å². The van der Waals surface area contributed by atoms with Gasteiger partial charge in [0.05, 0.1) is 6.04 Å². The van der Waals surface area contributed by atoms with Crippen LogP contribution in [-0.2, 0) is 16.1 Å². The average molecular weight is 335 g/mol. The first kappa shape index (κ1) is 17.6. The molecular weight excluding hydrogens is 317 g/mol. The van der Waals surface area contributed by atoms with Crippen LogP contribution in [0.5, 0.6) is 0 Å². The Bertz CT molecular complexity index is 792. The van der Waals surface area contributed by atoms with E-state index in [2.05, 4.69) is 10.4 Å². The molecule has 1 aromatic carbocycles. The summed E-state index contributed by atoms with van der Waals surface area (Å²) < 4.78 is 18.7. The van der Waals surface area contributed by atoms with Gasteiger partial charge < -0.3 is 9.73 Å². The van der Waals surface area contributed by atoms with Crippen LogP contribution in [0.15, 0.2) is 33.5 Å². The van der Waals surface area contributed by atoms with Gasteiger partial charge in [-0.3, -0.25) is 9.59 Å². The molecule has 8 heteroatoms. The first-order chi connectivity index (χ1) is 11.3. The molecule has 7 nitrogen and oxygen atoms in total. The van der Waals surface area contributed by atoms with E-state index in [1.54, 1.807) is 13.8 Å². The van der Waals surface area contributed by atoms with Gasteiger partial charge in [-0.15, -0.1) is 5.10 Å². The lowest BCUT2D eigenvalue weighted by Crippen LogP contribution is -2.45. The summed E-state index contributed by atoms with van der Waals surface area (Å²) in [6.07, 6.45) is 0. The zero-order valence-corrected chi connectivity index (χ0v) is 13.6. The normalized spacial score (nSPS) is 12.2. The van der Waals surface area contributed by atoms with Crippen molar-refractivity contribution >= 4 is 11.7 Å². The zero-order valence-electron chi connectivity index (χ0n) is 13.6. The van der Waals surface area contributed by atoms with Crippen molar-refractivity contribution in [3.05, 3.63) is 40.6 Å². The number of carbonyl (C=O) groups excluding carboxylic acids is 2. The van der Waals surface area contributed by atoms with Crippen LogP contribution in [0.3, 0.4) is 0 Å². The molecule has 1 N–H and O–H groups in total. The fourth-order valence-corrected chi connectivity index (χ4v) is 2.21. The minimum absolute atomic E-state index is 0.0141. The van der Waals surface area contributed by atoms with Gasteiger partial charge in [-0.1, -0.05) is 13.8 Å². The van der Waals surface area contributed by atoms with E-state index in [9.17, 15) is 18.8 Å². The second-order valence-corrected chi connectivity index (χ2v) is 5.74. The molecule has 0 unspecified atom stereocenters. The van der Waals surface area contributed by atoms with Crippen LogP contribution in [0, 0.1) is 11.7 Å². The average Bonchev–Trinajstić information content (AvgIpc) is 2.86. The molecule has 0 aliphatic rings. The van der Waals surface area contributed by atoms with E-state index < -0.39 is 23.5 Å². The highest BCUT2D eigenvalue weighted by molar-refractivity contribution is 5.87. The van der Waals surface area contributed by atoms with Crippen LogP contribution in [-0.4, -0.2) is 27.5 Å². The van der Waals surface area contributed by atoms with Gasteiger partial charge in [0.1, 0.15) is 12.4 Å². The Balaban J connectivity index is 2.13. The predicted octanol–water partition coefficient (Wildman–Crippen LogP) is 1.37. The van der Waals surface area contributed by atoms with Crippen LogP contribution in [0.25, 0.3) is 11.5 Å². The maximum absolute atomic E-state index is 12.9. The van der Waals surface area contributed by atoms with E-state index in [1.807, 2.05) is 0 Å². The summed E-state index contributed by atoms with van der Waals surface area (Å²) in [5.41, 5.74) is 0.413. The highest BCUT2D eigenvalue weighted by atomic mass is 19.1. The number of ketones is 1. The highest BCUT2D eigenvalue weighted by Crippen LogP contribution is 2.15. The van der Waals surface area contributed by atoms with Crippen LogP contribution >= 0.6 is 0 Å². The van der Waals surface area contributed by atoms with E-state index in [-0.39, 0.29) is 24.1 Å². The third kappa shape index (κ3) is 4.15. The molecule has 1 aromatic heterocycles. The molecule has 0 aliphatic heterocycles. The molecule has 0 radical (unpaired) electrons. The minimum atomic E-state index is -0.812. The van der Waals surface area contributed by atoms with Gasteiger partial charge in [-0.2, -0.15) is 4.68 Å². The van der Waals surface area contributed by atoms with Crippen LogP contribution in [0.1, 0.15) is 20.8 Å². The molecule has 1 heterocycles. The van der Waals surface area contributed by atoms with Crippen molar-refractivity contribution in [2.75, 3.05) is 0 Å². The quantitative estimate of drug-likeness (QED) is 0.860. The predicted molar refractivity (Wildman–Crippen MR) is 83.6 cm³/mol. The van der Waals surface area contributed by atoms with Crippen molar-refractivity contribution < 1.29 is 18.4 Å². The Morgan fingerprint density at radius 1 is 1.29 bits per heavy atom. The standard InChI is InChI=1S/C16H18FN3O4/c1-9(2)14(10(3)21)18-13(22)8-20-16(23)24-15(19-20)11-4-6-12(17)7-5-11/h4-7,9,14H,8H2,1-3H3,(H,18,22)/t14-/m1/s1. The second-order valence-electron chi connectivity index (χ2n) is 5.74. The molecular formula is C16H18FN3O4. The van der Waals surface area contributed by atoms with E-state index in [1.165, 1.54) is 31.2 Å². The highest BCUT2D eigenvalue weighted by Gasteiger charge is 2.21. The summed E-state index contributed by atoms with van der Waals surface area (Å²) in [5, 5.41) is 6.48. The van der Waals surface area contributed by atoms with Gasteiger partial charge in [0.25, 0.3) is 0 Å². The lowest BCUT2D eigenvalue weighted by atomic mass is 10.0. The second kappa shape index (κ2) is 7.20. The molecule has 0 bridgehead atoms. The van der Waals surface area contributed by atoms with Crippen molar-refractivity contribution in [3.63, 3.8) is 0 Å². The molecule has 2 rings (SSSR count). The molecule has 1 atom stereocenters. The van der Waals surface area contributed by atoms with Crippen LogP contribution < -0.4 is 11.1 Å². The topological polar surface area (TPSA) is 94.2 Å². The number of hydrogen-bond donors (Lipinski definition) is 1. The summed E-state index contributed by atoms with van der Waals surface area (Å²) in [6.45, 7) is 4.63. The first-order valence-corrected chi connectivity index (χ1v) is 7.41. The molecule has 24 heavy (non-hydrogen) atoms. The number of halogens is 1. The number of hydrogen-bond acceptors (Lipinski definition) is 5. The Morgan fingerprint density at radius 3 is 2.46 bits per heavy atom. The van der Waals surface area contributed by atoms with Crippen molar-refractivity contribution in [2.45, 2.75) is 33.4 Å². The van der Waals surface area contributed by atoms with Gasteiger partial charge in [-0.25, -0.2) is 9.18 Å². The van der Waals surface area contributed by atoms with Crippen molar-refractivity contribution in [2.24, 2.45) is 5.92 Å². The van der Waals surface area contributed by atoms with Gasteiger partial charge in [0.2, 0.25) is 11.8 Å². The van der Waals surface area contributed by atoms with Crippen molar-refractivity contribution in [1.82, 2.24) is 15.1 Å². The van der Waals surface area contributed by atoms with E-state index in [0.717, 1.165) is 4.68 Å². The largest absolute Gasteiger partial charge is 0.437 e. The fourth-order valence-electron chi connectivity index (χ4n) is 2.21. The lowest BCUT2D eigenvalue weighted by Gasteiger charge is -2.19. The summed E-state index contributed by atoms with van der Waals surface area (Å²) in [4.78, 5) is 35.3. The number of aromatic nitrogens is 2. The first-order valence-electron chi connectivity index (χ1n) is 7.41. The molecule has 0 spiro atoms. The van der Waals surface area contributed by atoms with Crippen molar-refractivity contribution in [1.29, 1.82) is 0 Å². The number of nitrogens with one attached hydrogen (secondary N) is 1. The number of nitrogens with zero attached hydrogens (tertiary/aromatic N) is 2. The van der Waals surface area contributed by atoms with E-state index >= 15 is 0 Å². The number of carbonyl (C=O) groups is 2. The van der Waals surface area contributed by atoms with Gasteiger partial charge in [0, 0.05) is 5.56 Å². The van der Waals surface area contributed by atoms with Gasteiger partial charge in [0.15, 0.2) is 5.78 Å². The fraction of sp³-hybridized carbons (Fsp3) is 0.375. The number of rotatable bonds is 6. The van der Waals surface area contributed by atoms with E-state index in [0.29, 0.717) is 5.56 Å². The maximum atomic E-state index is 12.9. The summed E-state index contributed by atoms with van der Waals surface area (Å²) >= 11 is 0. The maximum Gasteiger partial charge on any atom is 0.437 e. The molecule has 0 fully saturated rings. The summed E-state index contributed by atoms with van der Waals surface area (Å²) in [5.74, 6) is -2.02. The smallest absolute Gasteiger partial charge is 0.388 e. The monoisotopic (exact) mass is 335 g/mol. The molecule has 0 saturated carbocycles. The Kier molecular flexibility index (Phi) is 5.28. The van der Waals surface area contributed by atoms with Crippen molar-refractivity contribution in [3.8, 4) is 11.5 Å². The molecule has 0 aliphatic carbocycles. The third-order valence-corrected chi connectivity index (χ3v) is 3.41. The van der Waals surface area contributed by atoms with Crippen LogP contribution in [0.2, 0.25) is 0 Å². The summed E-state index contributed by atoms with van der Waals surface area (Å²) in [6, 6.07) is 4.62. The number of amides is 1. The Morgan fingerprint density at radius 2 is 1.92 bits per heavy atom. The third-order valence-electron chi connectivity index (χ3n) is 3.41. The van der Waals surface area contributed by atoms with Gasteiger partial charge in [-0.05, 0) is 37.1 Å². The number of Topliss-reactive ketones (excluding diaryl/α,β-unsaturated/α-hetero) is 1. The number of benzene rings is 1. The Hall–Kier alpha value is -2.77.